The van der Waals surface area contributed by atoms with Gasteiger partial charge in [-0.2, -0.15) is 0 Å². The van der Waals surface area contributed by atoms with Crippen molar-refractivity contribution in [2.24, 2.45) is 0 Å². The van der Waals surface area contributed by atoms with E-state index in [-0.39, 0.29) is 10.9 Å². The Hall–Kier alpha value is -3.00. The largest absolute Gasteiger partial charge is 0.465 e. The summed E-state index contributed by atoms with van der Waals surface area (Å²) in [7, 11) is -3.72. The Bertz CT molecular complexity index is 1230. The first-order chi connectivity index (χ1) is 13.9. The number of carbonyl (C=O) groups is 1. The van der Waals surface area contributed by atoms with Gasteiger partial charge in [-0.1, -0.05) is 23.8 Å². The molecular formula is C21H21N3O4S. The second kappa shape index (κ2) is 6.25. The lowest BCUT2D eigenvalue weighted by Gasteiger charge is -2.44. The van der Waals surface area contributed by atoms with Gasteiger partial charge in [0.15, 0.2) is 0 Å². The lowest BCUT2D eigenvalue weighted by molar-refractivity contribution is 0.134. The molecule has 0 radical (unpaired) electrons. The highest BCUT2D eigenvalue weighted by molar-refractivity contribution is 7.90. The molecule has 3 aromatic rings. The summed E-state index contributed by atoms with van der Waals surface area (Å²) in [6.45, 7) is 3.39. The van der Waals surface area contributed by atoms with E-state index in [1.54, 1.807) is 30.5 Å². The predicted octanol–water partition coefficient (Wildman–Crippen LogP) is 2.91. The maximum Gasteiger partial charge on any atom is 0.407 e. The van der Waals surface area contributed by atoms with Gasteiger partial charge in [0, 0.05) is 36.9 Å². The molecule has 1 atom stereocenters. The molecule has 1 fully saturated rings. The van der Waals surface area contributed by atoms with Crippen molar-refractivity contribution in [3.05, 3.63) is 59.8 Å². The number of aromatic nitrogens is 1. The fourth-order valence-corrected chi connectivity index (χ4v) is 5.89. The standard InChI is InChI=1S/C21H21N3O4S/c1-14-5-7-17(8-6-14)29(27,28)24-12-15-11-16-13-22(21(25)26)9-10-23(16)18-3-2-4-19(24)20(15)18/h2-8,12,16H,9-11,13H2,1H3,(H,25,26). The Morgan fingerprint density at radius 1 is 1.10 bits per heavy atom. The maximum absolute atomic E-state index is 13.3. The first kappa shape index (κ1) is 18.1. The van der Waals surface area contributed by atoms with Crippen LogP contribution in [0.4, 0.5) is 10.5 Å². The second-order valence-electron chi connectivity index (χ2n) is 7.72. The van der Waals surface area contributed by atoms with Crippen molar-refractivity contribution in [3.63, 3.8) is 0 Å². The van der Waals surface area contributed by atoms with E-state index in [1.165, 1.54) is 8.87 Å². The normalized spacial score (nSPS) is 18.7. The van der Waals surface area contributed by atoms with E-state index < -0.39 is 16.1 Å². The van der Waals surface area contributed by atoms with Crippen LogP contribution in [0.2, 0.25) is 0 Å². The first-order valence-corrected chi connectivity index (χ1v) is 11.0. The van der Waals surface area contributed by atoms with Crippen LogP contribution in [-0.4, -0.2) is 54.2 Å². The van der Waals surface area contributed by atoms with Gasteiger partial charge < -0.3 is 14.9 Å². The molecule has 3 heterocycles. The number of fused-ring (bicyclic) bond motifs is 2. The van der Waals surface area contributed by atoms with Gasteiger partial charge in [-0.25, -0.2) is 17.2 Å². The summed E-state index contributed by atoms with van der Waals surface area (Å²) >= 11 is 0. The van der Waals surface area contributed by atoms with Crippen molar-refractivity contribution in [3.8, 4) is 0 Å². The van der Waals surface area contributed by atoms with E-state index in [0.717, 1.165) is 22.2 Å². The number of aryl methyl sites for hydroxylation is 1. The van der Waals surface area contributed by atoms with Crippen LogP contribution in [0.3, 0.4) is 0 Å². The summed E-state index contributed by atoms with van der Waals surface area (Å²) < 4.78 is 28.1. The highest BCUT2D eigenvalue weighted by Gasteiger charge is 2.36. The number of benzene rings is 2. The minimum Gasteiger partial charge on any atom is -0.465 e. The van der Waals surface area contributed by atoms with Crippen LogP contribution in [0, 0.1) is 6.92 Å². The molecule has 1 N–H and O–H groups in total. The van der Waals surface area contributed by atoms with Crippen LogP contribution in [0.25, 0.3) is 10.9 Å². The van der Waals surface area contributed by atoms with Gasteiger partial charge in [-0.3, -0.25) is 0 Å². The molecule has 5 rings (SSSR count). The molecule has 150 valence electrons. The molecule has 2 aromatic carbocycles. The minimum absolute atomic E-state index is 0.0101. The molecule has 0 spiro atoms. The highest BCUT2D eigenvalue weighted by Crippen LogP contribution is 2.40. The van der Waals surface area contributed by atoms with Crippen LogP contribution in [0.15, 0.2) is 53.6 Å². The third kappa shape index (κ3) is 2.70. The fraction of sp³-hybridized carbons (Fsp3) is 0.286. The van der Waals surface area contributed by atoms with Gasteiger partial charge in [0.25, 0.3) is 10.0 Å². The fourth-order valence-electron chi connectivity index (χ4n) is 4.51. The maximum atomic E-state index is 13.3. The Kier molecular flexibility index (Phi) is 3.89. The van der Waals surface area contributed by atoms with Gasteiger partial charge >= 0.3 is 6.09 Å². The second-order valence-corrected chi connectivity index (χ2v) is 9.53. The van der Waals surface area contributed by atoms with E-state index in [2.05, 4.69) is 4.90 Å². The summed E-state index contributed by atoms with van der Waals surface area (Å²) in [6.07, 6.45) is 1.42. The Morgan fingerprint density at radius 3 is 2.59 bits per heavy atom. The first-order valence-electron chi connectivity index (χ1n) is 9.56. The van der Waals surface area contributed by atoms with Crippen molar-refractivity contribution in [1.82, 2.24) is 8.87 Å². The molecule has 2 aliphatic rings. The number of rotatable bonds is 2. The number of carboxylic acid groups (broad SMARTS) is 1. The van der Waals surface area contributed by atoms with Crippen LogP contribution in [-0.2, 0) is 16.4 Å². The Morgan fingerprint density at radius 2 is 1.86 bits per heavy atom. The number of nitrogens with zero attached hydrogens (tertiary/aromatic N) is 3. The highest BCUT2D eigenvalue weighted by atomic mass is 32.2. The van der Waals surface area contributed by atoms with Crippen LogP contribution in [0.1, 0.15) is 11.1 Å². The zero-order valence-corrected chi connectivity index (χ0v) is 16.8. The number of hydrogen-bond donors (Lipinski definition) is 1. The predicted molar refractivity (Wildman–Crippen MR) is 110 cm³/mol. The summed E-state index contributed by atoms with van der Waals surface area (Å²) in [4.78, 5) is 15.3. The molecule has 0 saturated carbocycles. The molecule has 29 heavy (non-hydrogen) atoms. The molecule has 1 aromatic heterocycles. The van der Waals surface area contributed by atoms with Crippen LogP contribution < -0.4 is 4.90 Å². The van der Waals surface area contributed by atoms with Gasteiger partial charge in [-0.05, 0) is 43.2 Å². The molecule has 1 amide bonds. The third-order valence-corrected chi connectivity index (χ3v) is 7.64. The molecule has 0 bridgehead atoms. The van der Waals surface area contributed by atoms with E-state index in [1.807, 2.05) is 25.1 Å². The molecule has 1 unspecified atom stereocenters. The van der Waals surface area contributed by atoms with Crippen molar-refractivity contribution in [2.75, 3.05) is 24.5 Å². The minimum atomic E-state index is -3.72. The van der Waals surface area contributed by atoms with Crippen LogP contribution >= 0.6 is 0 Å². The van der Waals surface area contributed by atoms with Gasteiger partial charge in [0.1, 0.15) is 0 Å². The number of piperazine rings is 1. The average Bonchev–Trinajstić information content (AvgIpc) is 3.08. The van der Waals surface area contributed by atoms with E-state index in [4.69, 9.17) is 0 Å². The van der Waals surface area contributed by atoms with E-state index in [0.29, 0.717) is 31.6 Å². The van der Waals surface area contributed by atoms with E-state index >= 15 is 0 Å². The van der Waals surface area contributed by atoms with Gasteiger partial charge in [0.05, 0.1) is 16.5 Å². The summed E-state index contributed by atoms with van der Waals surface area (Å²) in [6, 6.07) is 12.6. The number of hydrogen-bond acceptors (Lipinski definition) is 4. The van der Waals surface area contributed by atoms with Crippen molar-refractivity contribution in [2.45, 2.75) is 24.3 Å². The molecule has 8 heteroatoms. The van der Waals surface area contributed by atoms with Crippen molar-refractivity contribution < 1.29 is 18.3 Å². The lowest BCUT2D eigenvalue weighted by atomic mass is 9.94. The SMILES string of the molecule is Cc1ccc(S(=O)(=O)n2cc3c4c(cccc42)N2CCN(C(=O)O)CC2C3)cc1. The molecule has 0 aliphatic carbocycles. The van der Waals surface area contributed by atoms with Gasteiger partial charge in [-0.15, -0.1) is 0 Å². The number of anilines is 1. The summed E-state index contributed by atoms with van der Waals surface area (Å²) in [5.74, 6) is 0. The summed E-state index contributed by atoms with van der Waals surface area (Å²) in [5, 5.41) is 10.3. The monoisotopic (exact) mass is 411 g/mol. The smallest absolute Gasteiger partial charge is 0.407 e. The third-order valence-electron chi connectivity index (χ3n) is 5.95. The Labute approximate surface area is 168 Å². The molecule has 2 aliphatic heterocycles. The molecule has 7 nitrogen and oxygen atoms in total. The molecular weight excluding hydrogens is 390 g/mol. The molecule has 1 saturated heterocycles. The Balaban J connectivity index is 1.64. The van der Waals surface area contributed by atoms with Gasteiger partial charge in [0.2, 0.25) is 0 Å². The number of amides is 1. The zero-order chi connectivity index (χ0) is 20.3. The summed E-state index contributed by atoms with van der Waals surface area (Å²) in [5.41, 5.74) is 3.59. The zero-order valence-electron chi connectivity index (χ0n) is 15.9. The quantitative estimate of drug-likeness (QED) is 0.701. The van der Waals surface area contributed by atoms with Crippen LogP contribution in [0.5, 0.6) is 0 Å². The van der Waals surface area contributed by atoms with Crippen molar-refractivity contribution in [1.29, 1.82) is 0 Å². The average molecular weight is 411 g/mol. The van der Waals surface area contributed by atoms with E-state index in [9.17, 15) is 18.3 Å². The lowest BCUT2D eigenvalue weighted by Crippen LogP contribution is -2.56. The van der Waals surface area contributed by atoms with Crippen molar-refractivity contribution >= 4 is 32.7 Å². The topological polar surface area (TPSA) is 82.9 Å².